The fourth-order valence-corrected chi connectivity index (χ4v) is 2.96. The first-order valence-electron chi connectivity index (χ1n) is 8.98. The van der Waals surface area contributed by atoms with E-state index in [0.29, 0.717) is 31.2 Å². The molecule has 1 N–H and O–H groups in total. The number of nitro benzene ring substituents is 1. The van der Waals surface area contributed by atoms with Crippen LogP contribution in [-0.2, 0) is 11.3 Å². The maximum Gasteiger partial charge on any atom is 0.292 e. The van der Waals surface area contributed by atoms with Crippen LogP contribution in [0, 0.1) is 10.1 Å². The van der Waals surface area contributed by atoms with E-state index in [0.717, 1.165) is 24.2 Å². The average molecular weight is 369 g/mol. The number of amides is 1. The number of nitrogens with one attached hydrogen (secondary N) is 1. The van der Waals surface area contributed by atoms with Crippen LogP contribution in [0.25, 0.3) is 0 Å². The van der Waals surface area contributed by atoms with Crippen LogP contribution in [0.15, 0.2) is 48.5 Å². The van der Waals surface area contributed by atoms with E-state index < -0.39 is 4.92 Å². The van der Waals surface area contributed by atoms with Crippen molar-refractivity contribution in [3.8, 4) is 5.75 Å². The Labute approximate surface area is 158 Å². The number of rotatable bonds is 9. The van der Waals surface area contributed by atoms with E-state index in [1.165, 1.54) is 6.07 Å². The largest absolute Gasteiger partial charge is 0.497 e. The minimum Gasteiger partial charge on any atom is -0.497 e. The Morgan fingerprint density at radius 3 is 2.56 bits per heavy atom. The van der Waals surface area contributed by atoms with Crippen LogP contribution in [-0.4, -0.2) is 35.4 Å². The van der Waals surface area contributed by atoms with Crippen LogP contribution in [0.5, 0.6) is 5.75 Å². The van der Waals surface area contributed by atoms with Crippen LogP contribution in [0.3, 0.4) is 0 Å². The average Bonchev–Trinajstić information content (AvgIpc) is 3.51. The molecule has 27 heavy (non-hydrogen) atoms. The van der Waals surface area contributed by atoms with Gasteiger partial charge in [0, 0.05) is 31.6 Å². The van der Waals surface area contributed by atoms with Gasteiger partial charge >= 0.3 is 0 Å². The van der Waals surface area contributed by atoms with Crippen LogP contribution in [0.4, 0.5) is 11.4 Å². The van der Waals surface area contributed by atoms with E-state index >= 15 is 0 Å². The SMILES string of the molecule is COc1ccc(CN(C(=O)CCNc2ccccc2[N+](=O)[O-])C2CC2)cc1. The normalized spacial score (nSPS) is 13.1. The van der Waals surface area contributed by atoms with Gasteiger partial charge in [0.2, 0.25) is 5.91 Å². The van der Waals surface area contributed by atoms with Crippen molar-refractivity contribution in [2.75, 3.05) is 19.0 Å². The Balaban J connectivity index is 1.57. The molecule has 0 atom stereocenters. The Hall–Kier alpha value is -3.09. The number of para-hydroxylation sites is 2. The molecule has 7 nitrogen and oxygen atoms in total. The first kappa shape index (κ1) is 18.7. The monoisotopic (exact) mass is 369 g/mol. The number of benzene rings is 2. The zero-order valence-corrected chi connectivity index (χ0v) is 15.3. The Morgan fingerprint density at radius 2 is 1.93 bits per heavy atom. The molecule has 1 amide bonds. The summed E-state index contributed by atoms with van der Waals surface area (Å²) >= 11 is 0. The van der Waals surface area contributed by atoms with E-state index in [2.05, 4.69) is 5.32 Å². The fourth-order valence-electron chi connectivity index (χ4n) is 2.96. The van der Waals surface area contributed by atoms with Gasteiger partial charge in [-0.2, -0.15) is 0 Å². The van der Waals surface area contributed by atoms with Gasteiger partial charge in [0.1, 0.15) is 11.4 Å². The van der Waals surface area contributed by atoms with Gasteiger partial charge in [0.05, 0.1) is 12.0 Å². The maximum atomic E-state index is 12.7. The molecule has 0 bridgehead atoms. The van der Waals surface area contributed by atoms with Crippen LogP contribution < -0.4 is 10.1 Å². The zero-order valence-electron chi connectivity index (χ0n) is 15.3. The second-order valence-electron chi connectivity index (χ2n) is 6.55. The van der Waals surface area contributed by atoms with Crippen LogP contribution in [0.1, 0.15) is 24.8 Å². The molecule has 0 aromatic heterocycles. The zero-order chi connectivity index (χ0) is 19.2. The third-order valence-corrected chi connectivity index (χ3v) is 4.58. The lowest BCUT2D eigenvalue weighted by molar-refractivity contribution is -0.384. The molecule has 142 valence electrons. The third-order valence-electron chi connectivity index (χ3n) is 4.58. The molecule has 1 fully saturated rings. The number of hydrogen-bond donors (Lipinski definition) is 1. The molecule has 1 saturated carbocycles. The predicted molar refractivity (Wildman–Crippen MR) is 103 cm³/mol. The number of nitro groups is 1. The lowest BCUT2D eigenvalue weighted by Crippen LogP contribution is -2.33. The van der Waals surface area contributed by atoms with Crippen LogP contribution in [0.2, 0.25) is 0 Å². The molecule has 1 aliphatic rings. The van der Waals surface area contributed by atoms with Gasteiger partial charge < -0.3 is 15.0 Å². The second-order valence-corrected chi connectivity index (χ2v) is 6.55. The summed E-state index contributed by atoms with van der Waals surface area (Å²) in [7, 11) is 1.62. The van der Waals surface area contributed by atoms with Gasteiger partial charge in [0.25, 0.3) is 5.69 Å². The van der Waals surface area contributed by atoms with Crippen molar-refractivity contribution in [2.24, 2.45) is 0 Å². The van der Waals surface area contributed by atoms with Crippen molar-refractivity contribution in [1.29, 1.82) is 0 Å². The molecular weight excluding hydrogens is 346 g/mol. The van der Waals surface area contributed by atoms with Crippen LogP contribution >= 0.6 is 0 Å². The highest BCUT2D eigenvalue weighted by atomic mass is 16.6. The quantitative estimate of drug-likeness (QED) is 0.539. The Kier molecular flexibility index (Phi) is 5.90. The van der Waals surface area contributed by atoms with E-state index in [-0.39, 0.29) is 11.6 Å². The fraction of sp³-hybridized carbons (Fsp3) is 0.350. The highest BCUT2D eigenvalue weighted by Crippen LogP contribution is 2.29. The molecule has 7 heteroatoms. The smallest absolute Gasteiger partial charge is 0.292 e. The lowest BCUT2D eigenvalue weighted by atomic mass is 10.2. The summed E-state index contributed by atoms with van der Waals surface area (Å²) in [6.45, 7) is 0.925. The molecule has 0 spiro atoms. The molecule has 0 saturated heterocycles. The summed E-state index contributed by atoms with van der Waals surface area (Å²) in [6.07, 6.45) is 2.34. The van der Waals surface area contributed by atoms with Crippen molar-refractivity contribution in [3.63, 3.8) is 0 Å². The van der Waals surface area contributed by atoms with Crippen molar-refractivity contribution >= 4 is 17.3 Å². The number of hydrogen-bond acceptors (Lipinski definition) is 5. The summed E-state index contributed by atoms with van der Waals surface area (Å²) < 4.78 is 5.17. The first-order chi connectivity index (χ1) is 13.1. The lowest BCUT2D eigenvalue weighted by Gasteiger charge is -2.23. The number of ether oxygens (including phenoxy) is 1. The standard InChI is InChI=1S/C20H23N3O4/c1-27-17-10-6-15(7-11-17)14-22(16-8-9-16)20(24)12-13-21-18-4-2-3-5-19(18)23(25)26/h2-7,10-11,16,21H,8-9,12-14H2,1H3. The number of anilines is 1. The summed E-state index contributed by atoms with van der Waals surface area (Å²) in [5.74, 6) is 0.844. The summed E-state index contributed by atoms with van der Waals surface area (Å²) in [4.78, 5) is 25.2. The number of methoxy groups -OCH3 is 1. The summed E-state index contributed by atoms with van der Waals surface area (Å²) in [6, 6.07) is 14.5. The van der Waals surface area contributed by atoms with Gasteiger partial charge in [-0.15, -0.1) is 0 Å². The van der Waals surface area contributed by atoms with Gasteiger partial charge in [-0.3, -0.25) is 14.9 Å². The van der Waals surface area contributed by atoms with Crippen molar-refractivity contribution in [2.45, 2.75) is 31.8 Å². The third kappa shape index (κ3) is 4.97. The van der Waals surface area contributed by atoms with Gasteiger partial charge in [-0.1, -0.05) is 24.3 Å². The minimum absolute atomic E-state index is 0.0160. The van der Waals surface area contributed by atoms with Gasteiger partial charge in [-0.05, 0) is 36.6 Å². The topological polar surface area (TPSA) is 84.7 Å². The minimum atomic E-state index is -0.426. The molecular formula is C20H23N3O4. The van der Waals surface area contributed by atoms with E-state index in [1.807, 2.05) is 29.2 Å². The molecule has 3 rings (SSSR count). The molecule has 0 radical (unpaired) electrons. The molecule has 2 aromatic carbocycles. The number of nitrogens with zero attached hydrogens (tertiary/aromatic N) is 2. The maximum absolute atomic E-state index is 12.7. The molecule has 0 aliphatic heterocycles. The first-order valence-corrected chi connectivity index (χ1v) is 8.98. The van der Waals surface area contributed by atoms with Gasteiger partial charge in [-0.25, -0.2) is 0 Å². The molecule has 0 unspecified atom stereocenters. The highest BCUT2D eigenvalue weighted by molar-refractivity contribution is 5.77. The van der Waals surface area contributed by atoms with Crippen molar-refractivity contribution < 1.29 is 14.5 Å². The van der Waals surface area contributed by atoms with E-state index in [1.54, 1.807) is 25.3 Å². The van der Waals surface area contributed by atoms with E-state index in [9.17, 15) is 14.9 Å². The van der Waals surface area contributed by atoms with E-state index in [4.69, 9.17) is 4.74 Å². The summed E-state index contributed by atoms with van der Waals surface area (Å²) in [5.41, 5.74) is 1.51. The van der Waals surface area contributed by atoms with Crippen molar-refractivity contribution in [1.82, 2.24) is 4.90 Å². The predicted octanol–water partition coefficient (Wildman–Crippen LogP) is 3.60. The summed E-state index contributed by atoms with van der Waals surface area (Å²) in [5, 5.41) is 14.1. The Morgan fingerprint density at radius 1 is 1.22 bits per heavy atom. The highest BCUT2D eigenvalue weighted by Gasteiger charge is 2.32. The molecule has 2 aromatic rings. The van der Waals surface area contributed by atoms with Crippen molar-refractivity contribution in [3.05, 3.63) is 64.2 Å². The van der Waals surface area contributed by atoms with Gasteiger partial charge in [0.15, 0.2) is 0 Å². The molecule has 1 aliphatic carbocycles. The Bertz CT molecular complexity index is 803. The molecule has 0 heterocycles. The number of carbonyl (C=O) groups excluding carboxylic acids is 1. The number of carbonyl (C=O) groups is 1. The second kappa shape index (κ2) is 8.53.